The zero-order valence-corrected chi connectivity index (χ0v) is 19.5. The Balaban J connectivity index is 1.37. The molecule has 0 bridgehead atoms. The highest BCUT2D eigenvalue weighted by Gasteiger charge is 2.27. The van der Waals surface area contributed by atoms with Crippen LogP contribution in [0, 0.1) is 0 Å². The van der Waals surface area contributed by atoms with Crippen molar-refractivity contribution < 1.29 is 17.9 Å². The highest BCUT2D eigenvalue weighted by molar-refractivity contribution is 7.92. The largest absolute Gasteiger partial charge is 0.362 e. The van der Waals surface area contributed by atoms with Crippen LogP contribution in [-0.2, 0) is 14.8 Å². The second-order valence-corrected chi connectivity index (χ2v) is 10.0. The first kappa shape index (κ1) is 22.3. The fourth-order valence-electron chi connectivity index (χ4n) is 3.83. The number of sulfonamides is 1. The van der Waals surface area contributed by atoms with Crippen molar-refractivity contribution in [3.8, 4) is 11.3 Å². The van der Waals surface area contributed by atoms with Gasteiger partial charge in [0.15, 0.2) is 5.94 Å². The predicted molar refractivity (Wildman–Crippen MR) is 134 cm³/mol. The van der Waals surface area contributed by atoms with Crippen molar-refractivity contribution in [2.75, 3.05) is 28.7 Å². The monoisotopic (exact) mass is 493 g/mol. The van der Waals surface area contributed by atoms with Crippen molar-refractivity contribution in [2.45, 2.75) is 0 Å². The van der Waals surface area contributed by atoms with Gasteiger partial charge < -0.3 is 10.1 Å². The fourth-order valence-corrected chi connectivity index (χ4v) is 5.33. The molecule has 0 spiro atoms. The molecule has 1 N–H and O–H groups in total. The maximum atomic E-state index is 12.9. The second-order valence-electron chi connectivity index (χ2n) is 7.80. The summed E-state index contributed by atoms with van der Waals surface area (Å²) in [5.41, 5.74) is 3.78. The van der Waals surface area contributed by atoms with E-state index in [1.807, 2.05) is 54.6 Å². The molecule has 2 heterocycles. The van der Waals surface area contributed by atoms with E-state index >= 15 is 0 Å². The molecule has 0 saturated carbocycles. The van der Waals surface area contributed by atoms with E-state index in [9.17, 15) is 13.2 Å². The van der Waals surface area contributed by atoms with Crippen LogP contribution in [0.4, 0.5) is 11.4 Å². The van der Waals surface area contributed by atoms with Crippen LogP contribution >= 0.6 is 11.6 Å². The Morgan fingerprint density at radius 2 is 1.85 bits per heavy atom. The molecule has 0 unspecified atom stereocenters. The Labute approximate surface area is 202 Å². The van der Waals surface area contributed by atoms with E-state index < -0.39 is 15.9 Å². The molecule has 1 fully saturated rings. The fraction of sp³-hybridized carbons (Fsp3) is 0.120. The molecule has 4 aromatic rings. The van der Waals surface area contributed by atoms with Crippen LogP contribution in [0.3, 0.4) is 0 Å². The highest BCUT2D eigenvalue weighted by Crippen LogP contribution is 2.28. The number of halogens is 1. The van der Waals surface area contributed by atoms with Gasteiger partial charge in [-0.25, -0.2) is 13.4 Å². The minimum Gasteiger partial charge on any atom is -0.362 e. The third kappa shape index (κ3) is 4.48. The maximum Gasteiger partial charge on any atom is 0.259 e. The lowest BCUT2D eigenvalue weighted by Crippen LogP contribution is -2.41. The molecule has 172 valence electrons. The Morgan fingerprint density at radius 1 is 1.00 bits per heavy atom. The molecule has 34 heavy (non-hydrogen) atoms. The summed E-state index contributed by atoms with van der Waals surface area (Å²) in [4.78, 5) is 17.6. The van der Waals surface area contributed by atoms with Crippen molar-refractivity contribution in [1.29, 1.82) is 0 Å². The number of benzene rings is 3. The number of pyridine rings is 1. The van der Waals surface area contributed by atoms with Crippen molar-refractivity contribution >= 4 is 49.8 Å². The first-order valence-electron chi connectivity index (χ1n) is 10.6. The predicted octanol–water partition coefficient (Wildman–Crippen LogP) is 4.93. The zero-order valence-electron chi connectivity index (χ0n) is 17.9. The smallest absolute Gasteiger partial charge is 0.259 e. The van der Waals surface area contributed by atoms with Crippen molar-refractivity contribution in [3.63, 3.8) is 0 Å². The Bertz CT molecular complexity index is 1510. The minimum atomic E-state index is -3.57. The summed E-state index contributed by atoms with van der Waals surface area (Å²) in [5, 5.41) is 4.07. The minimum absolute atomic E-state index is 0.157. The summed E-state index contributed by atoms with van der Waals surface area (Å²) in [6.45, 7) is 0.487. The Kier molecular flexibility index (Phi) is 5.95. The van der Waals surface area contributed by atoms with E-state index in [1.165, 1.54) is 16.4 Å². The molecule has 3 aromatic carbocycles. The third-order valence-corrected chi connectivity index (χ3v) is 7.35. The van der Waals surface area contributed by atoms with Gasteiger partial charge in [-0.1, -0.05) is 48.0 Å². The van der Waals surface area contributed by atoms with E-state index in [2.05, 4.69) is 5.32 Å². The first-order chi connectivity index (χ1) is 16.4. The van der Waals surface area contributed by atoms with Crippen molar-refractivity contribution in [2.24, 2.45) is 0 Å². The van der Waals surface area contributed by atoms with Crippen LogP contribution in [0.15, 0.2) is 78.9 Å². The molecule has 1 saturated heterocycles. The molecule has 5 rings (SSSR count). The van der Waals surface area contributed by atoms with Gasteiger partial charge in [-0.2, -0.15) is 0 Å². The molecular weight excluding hydrogens is 474 g/mol. The number of hydrogen-bond donors (Lipinski definition) is 1. The van der Waals surface area contributed by atoms with Gasteiger partial charge in [-0.15, -0.1) is 0 Å². The summed E-state index contributed by atoms with van der Waals surface area (Å²) < 4.78 is 30.8. The molecule has 9 heteroatoms. The van der Waals surface area contributed by atoms with Crippen LogP contribution in [0.2, 0.25) is 5.02 Å². The second kappa shape index (κ2) is 9.06. The summed E-state index contributed by atoms with van der Waals surface area (Å²) in [6, 6.07) is 23.8. The number of hydrogen-bond acceptors (Lipinski definition) is 5. The van der Waals surface area contributed by atoms with Crippen LogP contribution in [0.5, 0.6) is 0 Å². The van der Waals surface area contributed by atoms with Gasteiger partial charge in [0.1, 0.15) is 0 Å². The quantitative estimate of drug-likeness (QED) is 0.435. The van der Waals surface area contributed by atoms with E-state index in [4.69, 9.17) is 21.3 Å². The summed E-state index contributed by atoms with van der Waals surface area (Å²) in [7, 11) is -3.57. The summed E-state index contributed by atoms with van der Waals surface area (Å²) >= 11 is 6.36. The molecule has 0 aliphatic carbocycles. The summed E-state index contributed by atoms with van der Waals surface area (Å²) in [5.74, 6) is -0.778. The van der Waals surface area contributed by atoms with Gasteiger partial charge in [-0.05, 0) is 42.5 Å². The standard InChI is InChI=1S/C25H20ClN3O4S/c26-22-15-20(29-12-13-33-16-34(29,31)32)9-10-21(22)25(30)27-19-6-3-5-18(14-19)24-11-8-17-4-1-2-7-23(17)28-24/h1-11,14-15H,12-13,16H2,(H,27,30). The number of nitrogens with zero attached hydrogens (tertiary/aromatic N) is 2. The third-order valence-electron chi connectivity index (χ3n) is 5.51. The zero-order chi connectivity index (χ0) is 23.7. The topological polar surface area (TPSA) is 88.6 Å². The number of nitrogens with one attached hydrogen (secondary N) is 1. The molecule has 1 amide bonds. The molecule has 7 nitrogen and oxygen atoms in total. The Morgan fingerprint density at radius 3 is 2.68 bits per heavy atom. The molecular formula is C25H20ClN3O4S. The summed E-state index contributed by atoms with van der Waals surface area (Å²) in [6.07, 6.45) is 0. The lowest BCUT2D eigenvalue weighted by Gasteiger charge is -2.28. The van der Waals surface area contributed by atoms with Gasteiger partial charge >= 0.3 is 0 Å². The van der Waals surface area contributed by atoms with Crippen LogP contribution in [0.25, 0.3) is 22.2 Å². The van der Waals surface area contributed by atoms with Gasteiger partial charge in [0.25, 0.3) is 15.9 Å². The number of aromatic nitrogens is 1. The molecule has 0 atom stereocenters. The average Bonchev–Trinajstić information content (AvgIpc) is 2.83. The van der Waals surface area contributed by atoms with E-state index in [0.29, 0.717) is 18.0 Å². The number of fused-ring (bicyclic) bond motifs is 1. The first-order valence-corrected chi connectivity index (χ1v) is 12.5. The van der Waals surface area contributed by atoms with Crippen LogP contribution in [0.1, 0.15) is 10.4 Å². The Hall–Kier alpha value is -3.46. The average molecular weight is 494 g/mol. The maximum absolute atomic E-state index is 12.9. The number of anilines is 2. The normalized spacial score (nSPS) is 15.3. The molecule has 0 radical (unpaired) electrons. The SMILES string of the molecule is O=C(Nc1cccc(-c2ccc3ccccc3n2)c1)c1ccc(N2CCOCS2(=O)=O)cc1Cl. The van der Waals surface area contributed by atoms with E-state index in [1.54, 1.807) is 12.1 Å². The van der Waals surface area contributed by atoms with E-state index in [-0.39, 0.29) is 23.1 Å². The molecule has 1 aliphatic heterocycles. The number of carbonyl (C=O) groups excluding carboxylic acids is 1. The van der Waals surface area contributed by atoms with Gasteiger partial charge in [0.05, 0.1) is 40.6 Å². The molecule has 1 aromatic heterocycles. The molecule has 1 aliphatic rings. The van der Waals surface area contributed by atoms with Gasteiger partial charge in [0.2, 0.25) is 0 Å². The van der Waals surface area contributed by atoms with Crippen molar-refractivity contribution in [1.82, 2.24) is 4.98 Å². The number of rotatable bonds is 4. The van der Waals surface area contributed by atoms with E-state index in [0.717, 1.165) is 22.2 Å². The number of ether oxygens (including phenoxy) is 1. The van der Waals surface area contributed by atoms with Crippen molar-refractivity contribution in [3.05, 3.63) is 89.4 Å². The lowest BCUT2D eigenvalue weighted by atomic mass is 10.1. The highest BCUT2D eigenvalue weighted by atomic mass is 35.5. The van der Waals surface area contributed by atoms with Crippen LogP contribution in [-0.4, -0.2) is 38.4 Å². The van der Waals surface area contributed by atoms with Crippen LogP contribution < -0.4 is 9.62 Å². The van der Waals surface area contributed by atoms with Gasteiger partial charge in [-0.3, -0.25) is 9.10 Å². The number of para-hydroxylation sites is 1. The number of carbonyl (C=O) groups is 1. The number of amides is 1. The van der Waals surface area contributed by atoms with Gasteiger partial charge in [0, 0.05) is 16.6 Å². The lowest BCUT2D eigenvalue weighted by molar-refractivity contribution is 0.102.